The van der Waals surface area contributed by atoms with Crippen molar-refractivity contribution in [3.8, 4) is 0 Å². The van der Waals surface area contributed by atoms with Crippen molar-refractivity contribution >= 4 is 37.8 Å². The van der Waals surface area contributed by atoms with Crippen molar-refractivity contribution in [1.82, 2.24) is 4.98 Å². The maximum Gasteiger partial charge on any atom is 0.354 e. The lowest BCUT2D eigenvalue weighted by molar-refractivity contribution is 0.0688. The Balaban J connectivity index is 3.38. The molecule has 1 heterocycles. The number of hydrogen-bond donors (Lipinski definition) is 1. The number of halogens is 4. The molecule has 0 amide bonds. The normalized spacial score (nSPS) is 10.7. The molecular formula is C8H5Br2F2NO2. The molecule has 0 bridgehead atoms. The summed E-state index contributed by atoms with van der Waals surface area (Å²) < 4.78 is 25.4. The van der Waals surface area contributed by atoms with Crippen LogP contribution in [0, 0.1) is 0 Å². The van der Waals surface area contributed by atoms with Crippen LogP contribution >= 0.6 is 31.9 Å². The number of rotatable bonds is 3. The van der Waals surface area contributed by atoms with E-state index in [1.54, 1.807) is 0 Å². The van der Waals surface area contributed by atoms with Crippen molar-refractivity contribution < 1.29 is 18.7 Å². The van der Waals surface area contributed by atoms with Gasteiger partial charge < -0.3 is 5.11 Å². The van der Waals surface area contributed by atoms with E-state index in [0.717, 1.165) is 0 Å². The summed E-state index contributed by atoms with van der Waals surface area (Å²) in [6.07, 6.45) is -2.80. The average Bonchev–Trinajstić information content (AvgIpc) is 2.16. The number of aromatic nitrogens is 1. The first-order valence-corrected chi connectivity index (χ1v) is 5.65. The number of aromatic carboxylic acids is 1. The van der Waals surface area contributed by atoms with Gasteiger partial charge in [0.25, 0.3) is 6.43 Å². The fourth-order valence-corrected chi connectivity index (χ4v) is 2.51. The van der Waals surface area contributed by atoms with Crippen LogP contribution in [0.4, 0.5) is 8.78 Å². The zero-order chi connectivity index (χ0) is 11.6. The Kier molecular flexibility index (Phi) is 4.15. The minimum Gasteiger partial charge on any atom is -0.477 e. The Hall–Kier alpha value is -0.560. The van der Waals surface area contributed by atoms with Gasteiger partial charge in [0.2, 0.25) is 0 Å². The van der Waals surface area contributed by atoms with E-state index in [9.17, 15) is 13.6 Å². The summed E-state index contributed by atoms with van der Waals surface area (Å²) >= 11 is 6.07. The summed E-state index contributed by atoms with van der Waals surface area (Å²) in [5, 5.41) is 8.82. The standard InChI is InChI=1S/C8H5Br2F2NO2/c9-2-3-4(10)1-5(8(14)15)13-6(3)7(11)12/h1,7H,2H2,(H,14,15). The highest BCUT2D eigenvalue weighted by atomic mass is 79.9. The molecule has 0 spiro atoms. The number of nitrogens with zero attached hydrogens (tertiary/aromatic N) is 1. The van der Waals surface area contributed by atoms with E-state index in [1.165, 1.54) is 6.07 Å². The summed E-state index contributed by atoms with van der Waals surface area (Å²) in [4.78, 5) is 14.0. The van der Waals surface area contributed by atoms with Crippen molar-refractivity contribution in [2.45, 2.75) is 11.8 Å². The smallest absolute Gasteiger partial charge is 0.354 e. The zero-order valence-corrected chi connectivity index (χ0v) is 10.3. The lowest BCUT2D eigenvalue weighted by atomic mass is 10.2. The molecular weight excluding hydrogens is 340 g/mol. The predicted octanol–water partition coefficient (Wildman–Crippen LogP) is 3.37. The molecule has 0 aromatic carbocycles. The Morgan fingerprint density at radius 2 is 2.20 bits per heavy atom. The first kappa shape index (κ1) is 12.5. The fraction of sp³-hybridized carbons (Fsp3) is 0.250. The molecule has 0 aliphatic rings. The zero-order valence-electron chi connectivity index (χ0n) is 7.18. The van der Waals surface area contributed by atoms with Crippen molar-refractivity contribution in [2.24, 2.45) is 0 Å². The molecule has 0 saturated heterocycles. The van der Waals surface area contributed by atoms with Gasteiger partial charge in [-0.05, 0) is 6.07 Å². The molecule has 0 aliphatic carbocycles. The summed E-state index contributed by atoms with van der Waals surface area (Å²) in [6, 6.07) is 1.20. The van der Waals surface area contributed by atoms with Gasteiger partial charge in [-0.2, -0.15) is 0 Å². The third-order valence-electron chi connectivity index (χ3n) is 1.66. The maximum atomic E-state index is 12.5. The molecule has 82 valence electrons. The molecule has 0 unspecified atom stereocenters. The Morgan fingerprint density at radius 3 is 2.60 bits per heavy atom. The van der Waals surface area contributed by atoms with Gasteiger partial charge in [0.1, 0.15) is 11.4 Å². The number of pyridine rings is 1. The third-order valence-corrected chi connectivity index (χ3v) is 2.93. The molecule has 1 rings (SSSR count). The third kappa shape index (κ3) is 2.72. The van der Waals surface area contributed by atoms with Gasteiger partial charge >= 0.3 is 5.97 Å². The van der Waals surface area contributed by atoms with Crippen LogP contribution in [0.2, 0.25) is 0 Å². The minimum absolute atomic E-state index is 0.181. The highest BCUT2D eigenvalue weighted by Crippen LogP contribution is 2.29. The summed E-state index contributed by atoms with van der Waals surface area (Å²) in [5.74, 6) is -1.33. The van der Waals surface area contributed by atoms with Crippen LogP contribution < -0.4 is 0 Å². The van der Waals surface area contributed by atoms with Crippen LogP contribution in [0.1, 0.15) is 28.2 Å². The van der Waals surface area contributed by atoms with E-state index in [2.05, 4.69) is 36.8 Å². The average molecular weight is 345 g/mol. The fourth-order valence-electron chi connectivity index (χ4n) is 0.981. The number of carboxylic acid groups (broad SMARTS) is 1. The maximum absolute atomic E-state index is 12.5. The van der Waals surface area contributed by atoms with Gasteiger partial charge in [0.15, 0.2) is 0 Å². The Morgan fingerprint density at radius 1 is 1.60 bits per heavy atom. The van der Waals surface area contributed by atoms with Crippen LogP contribution in [-0.4, -0.2) is 16.1 Å². The number of alkyl halides is 3. The molecule has 1 aromatic heterocycles. The van der Waals surface area contributed by atoms with Gasteiger partial charge in [-0.15, -0.1) is 0 Å². The van der Waals surface area contributed by atoms with E-state index >= 15 is 0 Å². The molecule has 0 atom stereocenters. The van der Waals surface area contributed by atoms with Crippen molar-refractivity contribution in [3.63, 3.8) is 0 Å². The summed E-state index contributed by atoms with van der Waals surface area (Å²) in [7, 11) is 0. The topological polar surface area (TPSA) is 50.2 Å². The van der Waals surface area contributed by atoms with Gasteiger partial charge in [-0.1, -0.05) is 31.9 Å². The first-order chi connectivity index (χ1) is 6.97. The summed E-state index contributed by atoms with van der Waals surface area (Å²) in [6.45, 7) is 0. The summed E-state index contributed by atoms with van der Waals surface area (Å²) in [5.41, 5.74) is -0.657. The number of hydrogen-bond acceptors (Lipinski definition) is 2. The predicted molar refractivity (Wildman–Crippen MR) is 56.5 cm³/mol. The van der Waals surface area contributed by atoms with E-state index in [-0.39, 0.29) is 10.9 Å². The van der Waals surface area contributed by atoms with Crippen LogP contribution in [0.25, 0.3) is 0 Å². The van der Waals surface area contributed by atoms with Crippen LogP contribution in [0.5, 0.6) is 0 Å². The van der Waals surface area contributed by atoms with Crippen molar-refractivity contribution in [1.29, 1.82) is 0 Å². The molecule has 0 radical (unpaired) electrons. The highest BCUT2D eigenvalue weighted by Gasteiger charge is 2.20. The van der Waals surface area contributed by atoms with Gasteiger partial charge in [0, 0.05) is 15.4 Å². The lowest BCUT2D eigenvalue weighted by Gasteiger charge is -2.08. The molecule has 15 heavy (non-hydrogen) atoms. The van der Waals surface area contributed by atoms with E-state index < -0.39 is 23.8 Å². The molecule has 7 heteroatoms. The molecule has 0 aliphatic heterocycles. The molecule has 1 N–H and O–H groups in total. The van der Waals surface area contributed by atoms with E-state index in [1.807, 2.05) is 0 Å². The van der Waals surface area contributed by atoms with Gasteiger partial charge in [0.05, 0.1) is 0 Å². The van der Waals surface area contributed by atoms with E-state index in [0.29, 0.717) is 4.47 Å². The Labute approximate surface area is 101 Å². The quantitative estimate of drug-likeness (QED) is 0.855. The SMILES string of the molecule is O=C(O)c1cc(Br)c(CBr)c(C(F)F)n1. The molecule has 1 aromatic rings. The molecule has 0 saturated carbocycles. The molecule has 0 fully saturated rings. The largest absolute Gasteiger partial charge is 0.477 e. The Bertz CT molecular complexity index is 398. The van der Waals surface area contributed by atoms with Crippen molar-refractivity contribution in [2.75, 3.05) is 0 Å². The first-order valence-electron chi connectivity index (χ1n) is 3.74. The minimum atomic E-state index is -2.80. The highest BCUT2D eigenvalue weighted by molar-refractivity contribution is 9.10. The number of carbonyl (C=O) groups is 1. The molecule has 3 nitrogen and oxygen atoms in total. The van der Waals surface area contributed by atoms with Crippen LogP contribution in [0.3, 0.4) is 0 Å². The van der Waals surface area contributed by atoms with Crippen LogP contribution in [-0.2, 0) is 5.33 Å². The van der Waals surface area contributed by atoms with Crippen LogP contribution in [0.15, 0.2) is 10.5 Å². The van der Waals surface area contributed by atoms with Gasteiger partial charge in [-0.3, -0.25) is 0 Å². The van der Waals surface area contributed by atoms with E-state index in [4.69, 9.17) is 5.11 Å². The van der Waals surface area contributed by atoms with Crippen molar-refractivity contribution in [3.05, 3.63) is 27.5 Å². The second kappa shape index (κ2) is 4.98. The second-order valence-electron chi connectivity index (χ2n) is 2.59. The number of carboxylic acids is 1. The monoisotopic (exact) mass is 343 g/mol. The lowest BCUT2D eigenvalue weighted by Crippen LogP contribution is -2.06. The van der Waals surface area contributed by atoms with Gasteiger partial charge in [-0.25, -0.2) is 18.6 Å². The second-order valence-corrected chi connectivity index (χ2v) is 4.01.